The van der Waals surface area contributed by atoms with Crippen LogP contribution in [0.25, 0.3) is 0 Å². The topological polar surface area (TPSA) is 26.0 Å². The van der Waals surface area contributed by atoms with Crippen LogP contribution >= 0.6 is 15.9 Å². The van der Waals surface area contributed by atoms with Crippen molar-refractivity contribution in [2.24, 2.45) is 5.73 Å². The first-order valence-electron chi connectivity index (χ1n) is 7.40. The highest BCUT2D eigenvalue weighted by atomic mass is 79.9. The Hall–Kier alpha value is -1.19. The largest absolute Gasteiger partial charge is 0.321 e. The van der Waals surface area contributed by atoms with Crippen LogP contribution in [0, 0.1) is 5.82 Å². The monoisotopic (exact) mass is 347 g/mol. The molecule has 2 aromatic carbocycles. The van der Waals surface area contributed by atoms with Gasteiger partial charge in [-0.2, -0.15) is 0 Å². The zero-order valence-corrected chi connectivity index (χ0v) is 13.5. The minimum absolute atomic E-state index is 0.210. The second-order valence-corrected chi connectivity index (χ2v) is 6.79. The molecule has 0 heterocycles. The van der Waals surface area contributed by atoms with Gasteiger partial charge in [-0.25, -0.2) is 4.39 Å². The summed E-state index contributed by atoms with van der Waals surface area (Å²) in [6.45, 7) is 0. The van der Waals surface area contributed by atoms with Gasteiger partial charge in [-0.05, 0) is 60.6 Å². The summed E-state index contributed by atoms with van der Waals surface area (Å²) in [5, 5.41) is 0. The molecule has 1 unspecified atom stereocenters. The first kappa shape index (κ1) is 14.7. The molecule has 0 spiro atoms. The Morgan fingerprint density at radius 3 is 2.81 bits per heavy atom. The Morgan fingerprint density at radius 1 is 1.14 bits per heavy atom. The molecule has 2 N–H and O–H groups in total. The molecule has 0 radical (unpaired) electrons. The van der Waals surface area contributed by atoms with Crippen LogP contribution in [0.1, 0.15) is 36.0 Å². The van der Waals surface area contributed by atoms with Gasteiger partial charge in [0.1, 0.15) is 5.82 Å². The lowest BCUT2D eigenvalue weighted by Crippen LogP contribution is -2.39. The van der Waals surface area contributed by atoms with Gasteiger partial charge in [0.05, 0.1) is 0 Å². The highest BCUT2D eigenvalue weighted by Gasteiger charge is 2.31. The Balaban J connectivity index is 2.02. The fourth-order valence-corrected chi connectivity index (χ4v) is 3.70. The number of hydrogen-bond acceptors (Lipinski definition) is 1. The Labute approximate surface area is 133 Å². The van der Waals surface area contributed by atoms with E-state index in [9.17, 15) is 4.39 Å². The van der Waals surface area contributed by atoms with Crippen LogP contribution in [-0.4, -0.2) is 0 Å². The van der Waals surface area contributed by atoms with Gasteiger partial charge in [-0.1, -0.05) is 46.6 Å². The molecule has 3 rings (SSSR count). The summed E-state index contributed by atoms with van der Waals surface area (Å²) in [6.07, 6.45) is 4.95. The maximum atomic E-state index is 13.5. The molecule has 0 saturated heterocycles. The third-order valence-corrected chi connectivity index (χ3v) is 5.16. The minimum atomic E-state index is -0.413. The van der Waals surface area contributed by atoms with Crippen molar-refractivity contribution in [3.8, 4) is 0 Å². The third-order valence-electron chi connectivity index (χ3n) is 4.39. The average Bonchev–Trinajstić information content (AvgIpc) is 2.63. The predicted octanol–water partition coefficient (Wildman–Crippen LogP) is 4.71. The average molecular weight is 348 g/mol. The standard InChI is InChI=1S/C18H19BrFN/c19-17-9-8-15(20)11-14(17)12-18(21)10-4-3-6-13-5-1-2-7-16(13)18/h1-2,5,7-9,11H,3-4,6,10,12,21H2. The lowest BCUT2D eigenvalue weighted by molar-refractivity contribution is 0.397. The van der Waals surface area contributed by atoms with Crippen LogP contribution in [0.4, 0.5) is 4.39 Å². The SMILES string of the molecule is NC1(Cc2cc(F)ccc2Br)CCCCc2ccccc21. The Morgan fingerprint density at radius 2 is 1.95 bits per heavy atom. The number of fused-ring (bicyclic) bond motifs is 1. The lowest BCUT2D eigenvalue weighted by atomic mass is 9.80. The molecule has 2 aromatic rings. The van der Waals surface area contributed by atoms with Crippen molar-refractivity contribution in [3.63, 3.8) is 0 Å². The van der Waals surface area contributed by atoms with Gasteiger partial charge in [0.15, 0.2) is 0 Å². The fraction of sp³-hybridized carbons (Fsp3) is 0.333. The number of rotatable bonds is 2. The van der Waals surface area contributed by atoms with E-state index in [-0.39, 0.29) is 5.82 Å². The molecule has 3 heteroatoms. The zero-order chi connectivity index (χ0) is 14.9. The van der Waals surface area contributed by atoms with E-state index in [1.54, 1.807) is 12.1 Å². The van der Waals surface area contributed by atoms with Gasteiger partial charge in [0.25, 0.3) is 0 Å². The predicted molar refractivity (Wildman–Crippen MR) is 87.7 cm³/mol. The summed E-state index contributed by atoms with van der Waals surface area (Å²) >= 11 is 3.52. The quantitative estimate of drug-likeness (QED) is 0.782. The maximum Gasteiger partial charge on any atom is 0.123 e. The van der Waals surface area contributed by atoms with Gasteiger partial charge < -0.3 is 5.73 Å². The molecule has 1 nitrogen and oxygen atoms in total. The molecule has 0 fully saturated rings. The van der Waals surface area contributed by atoms with Crippen LogP contribution < -0.4 is 5.73 Å². The minimum Gasteiger partial charge on any atom is -0.321 e. The van der Waals surface area contributed by atoms with E-state index < -0.39 is 5.54 Å². The van der Waals surface area contributed by atoms with Gasteiger partial charge in [0, 0.05) is 10.0 Å². The fourth-order valence-electron chi connectivity index (χ4n) is 3.32. The molecule has 110 valence electrons. The van der Waals surface area contributed by atoms with Crippen molar-refractivity contribution in [3.05, 3.63) is 69.4 Å². The first-order chi connectivity index (χ1) is 10.1. The molecule has 0 saturated carbocycles. The normalized spacial score (nSPS) is 21.7. The van der Waals surface area contributed by atoms with E-state index in [2.05, 4.69) is 34.1 Å². The molecule has 0 bridgehead atoms. The number of aryl methyl sites for hydroxylation is 1. The third kappa shape index (κ3) is 3.04. The van der Waals surface area contributed by atoms with E-state index in [0.29, 0.717) is 6.42 Å². The highest BCUT2D eigenvalue weighted by Crippen LogP contribution is 2.36. The lowest BCUT2D eigenvalue weighted by Gasteiger charge is -2.31. The molecular weight excluding hydrogens is 329 g/mol. The van der Waals surface area contributed by atoms with Crippen molar-refractivity contribution in [1.29, 1.82) is 0 Å². The van der Waals surface area contributed by atoms with Crippen molar-refractivity contribution in [1.82, 2.24) is 0 Å². The summed E-state index contributed by atoms with van der Waals surface area (Å²) in [4.78, 5) is 0. The Bertz CT molecular complexity index is 655. The Kier molecular flexibility index (Phi) is 4.14. The number of nitrogens with two attached hydrogens (primary N) is 1. The summed E-state index contributed by atoms with van der Waals surface area (Å²) in [5.41, 5.74) is 9.86. The maximum absolute atomic E-state index is 13.5. The van der Waals surface area contributed by atoms with Gasteiger partial charge in [-0.15, -0.1) is 0 Å². The van der Waals surface area contributed by atoms with Crippen LogP contribution in [0.15, 0.2) is 46.9 Å². The summed E-state index contributed by atoms with van der Waals surface area (Å²) in [6, 6.07) is 13.2. The van der Waals surface area contributed by atoms with Crippen LogP contribution in [0.2, 0.25) is 0 Å². The smallest absolute Gasteiger partial charge is 0.123 e. The zero-order valence-electron chi connectivity index (χ0n) is 11.9. The van der Waals surface area contributed by atoms with Crippen molar-refractivity contribution in [2.45, 2.75) is 37.6 Å². The summed E-state index contributed by atoms with van der Waals surface area (Å²) < 4.78 is 14.5. The van der Waals surface area contributed by atoms with E-state index in [1.165, 1.54) is 23.6 Å². The van der Waals surface area contributed by atoms with Crippen LogP contribution in [0.5, 0.6) is 0 Å². The van der Waals surface area contributed by atoms with E-state index in [1.807, 2.05) is 6.07 Å². The van der Waals surface area contributed by atoms with E-state index in [4.69, 9.17) is 5.73 Å². The summed E-state index contributed by atoms with van der Waals surface area (Å²) in [5.74, 6) is -0.210. The molecular formula is C18H19BrFN. The van der Waals surface area contributed by atoms with Crippen LogP contribution in [0.3, 0.4) is 0 Å². The molecule has 1 aliphatic carbocycles. The number of benzene rings is 2. The molecule has 1 atom stereocenters. The van der Waals surface area contributed by atoms with Gasteiger partial charge in [0.2, 0.25) is 0 Å². The number of halogens is 2. The molecule has 0 amide bonds. The molecule has 0 aromatic heterocycles. The molecule has 1 aliphatic rings. The first-order valence-corrected chi connectivity index (χ1v) is 8.19. The highest BCUT2D eigenvalue weighted by molar-refractivity contribution is 9.10. The van der Waals surface area contributed by atoms with Crippen molar-refractivity contribution >= 4 is 15.9 Å². The van der Waals surface area contributed by atoms with Gasteiger partial charge >= 0.3 is 0 Å². The van der Waals surface area contributed by atoms with Gasteiger partial charge in [-0.3, -0.25) is 0 Å². The molecule has 0 aliphatic heterocycles. The van der Waals surface area contributed by atoms with E-state index >= 15 is 0 Å². The van der Waals surface area contributed by atoms with E-state index in [0.717, 1.165) is 29.3 Å². The molecule has 21 heavy (non-hydrogen) atoms. The van der Waals surface area contributed by atoms with Crippen LogP contribution in [-0.2, 0) is 18.4 Å². The second kappa shape index (κ2) is 5.90. The number of hydrogen-bond donors (Lipinski definition) is 1. The summed E-state index contributed by atoms with van der Waals surface area (Å²) in [7, 11) is 0. The van der Waals surface area contributed by atoms with Crippen molar-refractivity contribution < 1.29 is 4.39 Å². The second-order valence-electron chi connectivity index (χ2n) is 5.93. The van der Waals surface area contributed by atoms with Crippen molar-refractivity contribution in [2.75, 3.05) is 0 Å².